The molecule has 0 radical (unpaired) electrons. The van der Waals surface area contributed by atoms with Crippen LogP contribution in [0.15, 0.2) is 71.8 Å². The first kappa shape index (κ1) is 29.0. The maximum absolute atomic E-state index is 12.5. The summed E-state index contributed by atoms with van der Waals surface area (Å²) >= 11 is 5.93. The van der Waals surface area contributed by atoms with Gasteiger partial charge in [0.2, 0.25) is 10.0 Å². The van der Waals surface area contributed by atoms with Gasteiger partial charge in [-0.25, -0.2) is 13.8 Å². The molecule has 3 aromatic rings. The van der Waals surface area contributed by atoms with Crippen molar-refractivity contribution in [3.05, 3.63) is 88.4 Å². The van der Waals surface area contributed by atoms with E-state index >= 15 is 0 Å². The van der Waals surface area contributed by atoms with Crippen LogP contribution in [0, 0.1) is 0 Å². The fourth-order valence-corrected chi connectivity index (χ4v) is 4.49. The predicted octanol–water partition coefficient (Wildman–Crippen LogP) is 5.36. The van der Waals surface area contributed by atoms with Crippen LogP contribution in [0.2, 0.25) is 5.02 Å². The molecule has 0 spiro atoms. The van der Waals surface area contributed by atoms with Crippen molar-refractivity contribution in [1.29, 1.82) is 0 Å². The number of anilines is 1. The lowest BCUT2D eigenvalue weighted by Gasteiger charge is -2.21. The Bertz CT molecular complexity index is 1360. The quantitative estimate of drug-likeness (QED) is 0.239. The number of nitrogens with zero attached hydrogens (tertiary/aromatic N) is 2. The minimum Gasteiger partial charge on any atom is -0.490 e. The highest BCUT2D eigenvalue weighted by atomic mass is 35.5. The monoisotopic (exact) mass is 557 g/mol. The van der Waals surface area contributed by atoms with Gasteiger partial charge in [0.1, 0.15) is 13.2 Å². The number of hydrogen-bond donors (Lipinski definition) is 1. The van der Waals surface area contributed by atoms with E-state index in [9.17, 15) is 13.2 Å². The highest BCUT2D eigenvalue weighted by Crippen LogP contribution is 2.29. The van der Waals surface area contributed by atoms with Gasteiger partial charge in [0, 0.05) is 5.02 Å². The van der Waals surface area contributed by atoms with Gasteiger partial charge in [0.15, 0.2) is 11.5 Å². The first-order valence-corrected chi connectivity index (χ1v) is 14.3. The van der Waals surface area contributed by atoms with Gasteiger partial charge in [-0.3, -0.25) is 9.10 Å². The molecular weight excluding hydrogens is 526 g/mol. The molecule has 0 aromatic heterocycles. The number of ether oxygens (including phenoxy) is 2. The molecule has 0 heterocycles. The predicted molar refractivity (Wildman–Crippen MR) is 152 cm³/mol. The molecule has 8 nitrogen and oxygen atoms in total. The summed E-state index contributed by atoms with van der Waals surface area (Å²) in [6.45, 7) is 6.35. The Kier molecular flexibility index (Phi) is 10.2. The third kappa shape index (κ3) is 8.49. The lowest BCUT2D eigenvalue weighted by molar-refractivity contribution is -0.119. The zero-order chi connectivity index (χ0) is 27.7. The van der Waals surface area contributed by atoms with Crippen LogP contribution in [0.5, 0.6) is 11.5 Å². The third-order valence-electron chi connectivity index (χ3n) is 5.51. The first-order chi connectivity index (χ1) is 18.1. The molecule has 0 saturated heterocycles. The number of carbonyl (C=O) groups is 1. The highest BCUT2D eigenvalue weighted by molar-refractivity contribution is 7.92. The fourth-order valence-electron chi connectivity index (χ4n) is 3.50. The van der Waals surface area contributed by atoms with Crippen LogP contribution in [0.3, 0.4) is 0 Å². The van der Waals surface area contributed by atoms with Gasteiger partial charge in [-0.2, -0.15) is 5.10 Å². The smallest absolute Gasteiger partial charge is 0.260 e. The molecule has 38 heavy (non-hydrogen) atoms. The summed E-state index contributed by atoms with van der Waals surface area (Å²) in [7, 11) is -3.68. The Morgan fingerprint density at radius 1 is 1.03 bits per heavy atom. The summed E-state index contributed by atoms with van der Waals surface area (Å²) in [5.41, 5.74) is 5.50. The second kappa shape index (κ2) is 13.3. The van der Waals surface area contributed by atoms with E-state index < -0.39 is 22.5 Å². The van der Waals surface area contributed by atoms with Gasteiger partial charge >= 0.3 is 0 Å². The third-order valence-corrected chi connectivity index (χ3v) is 6.91. The molecular formula is C28H32ClN3O5S. The molecule has 0 aliphatic heterocycles. The summed E-state index contributed by atoms with van der Waals surface area (Å²) < 4.78 is 37.4. The summed E-state index contributed by atoms with van der Waals surface area (Å²) in [6, 6.07) is 19.7. The van der Waals surface area contributed by atoms with Crippen LogP contribution < -0.4 is 19.2 Å². The van der Waals surface area contributed by atoms with Crippen molar-refractivity contribution < 1.29 is 22.7 Å². The van der Waals surface area contributed by atoms with E-state index in [0.29, 0.717) is 46.9 Å². The Labute approximate surface area is 229 Å². The number of amides is 1. The molecule has 3 aromatic carbocycles. The second-order valence-corrected chi connectivity index (χ2v) is 11.2. The van der Waals surface area contributed by atoms with Crippen molar-refractivity contribution in [3.8, 4) is 11.5 Å². The maximum Gasteiger partial charge on any atom is 0.260 e. The zero-order valence-electron chi connectivity index (χ0n) is 21.8. The molecule has 0 saturated carbocycles. The van der Waals surface area contributed by atoms with Crippen LogP contribution in [0.1, 0.15) is 43.4 Å². The topological polar surface area (TPSA) is 97.3 Å². The van der Waals surface area contributed by atoms with Gasteiger partial charge in [-0.1, -0.05) is 49.7 Å². The lowest BCUT2D eigenvalue weighted by Crippen LogP contribution is -2.39. The standard InChI is InChI=1S/C28H32ClN3O5S/c1-5-36-27-16-22(8-15-26(27)37-19-21-6-11-24(29)12-7-21)17-30-31-28(33)18-32(38(4,34)35)25-13-9-23(10-14-25)20(2)3/h6-17,20H,5,18-19H2,1-4H3,(H,31,33)/b30-17-. The first-order valence-electron chi connectivity index (χ1n) is 12.1. The Morgan fingerprint density at radius 3 is 2.32 bits per heavy atom. The van der Waals surface area contributed by atoms with E-state index in [1.807, 2.05) is 45.0 Å². The zero-order valence-corrected chi connectivity index (χ0v) is 23.4. The van der Waals surface area contributed by atoms with Gasteiger partial charge in [0.05, 0.1) is 24.8 Å². The van der Waals surface area contributed by atoms with Crippen molar-refractivity contribution in [3.63, 3.8) is 0 Å². The molecule has 1 N–H and O–H groups in total. The van der Waals surface area contributed by atoms with E-state index in [-0.39, 0.29) is 0 Å². The number of nitrogens with one attached hydrogen (secondary N) is 1. The average molecular weight is 558 g/mol. The van der Waals surface area contributed by atoms with Crippen LogP contribution in [-0.2, 0) is 21.4 Å². The molecule has 0 aliphatic carbocycles. The van der Waals surface area contributed by atoms with Crippen molar-refractivity contribution in [2.24, 2.45) is 5.10 Å². The number of hydrogen-bond acceptors (Lipinski definition) is 6. The molecule has 0 aliphatic rings. The molecule has 1 amide bonds. The largest absolute Gasteiger partial charge is 0.490 e. The summed E-state index contributed by atoms with van der Waals surface area (Å²) in [5, 5.41) is 4.64. The van der Waals surface area contributed by atoms with Crippen LogP contribution >= 0.6 is 11.6 Å². The van der Waals surface area contributed by atoms with E-state index in [4.69, 9.17) is 21.1 Å². The number of carbonyl (C=O) groups excluding carboxylic acids is 1. The van der Waals surface area contributed by atoms with Crippen molar-refractivity contribution in [2.75, 3.05) is 23.7 Å². The SMILES string of the molecule is CCOc1cc(/C=N\NC(=O)CN(c2ccc(C(C)C)cc2)S(C)(=O)=O)ccc1OCc1ccc(Cl)cc1. The van der Waals surface area contributed by atoms with E-state index in [1.165, 1.54) is 6.21 Å². The number of hydrazone groups is 1. The minimum atomic E-state index is -3.68. The van der Waals surface area contributed by atoms with Crippen molar-refractivity contribution in [1.82, 2.24) is 5.43 Å². The van der Waals surface area contributed by atoms with Gasteiger partial charge in [0.25, 0.3) is 5.91 Å². The van der Waals surface area contributed by atoms with Gasteiger partial charge < -0.3 is 9.47 Å². The fraction of sp³-hybridized carbons (Fsp3) is 0.286. The second-order valence-electron chi connectivity index (χ2n) is 8.86. The lowest BCUT2D eigenvalue weighted by atomic mass is 10.0. The molecule has 202 valence electrons. The van der Waals surface area contributed by atoms with E-state index in [1.54, 1.807) is 42.5 Å². The molecule has 0 unspecified atom stereocenters. The molecule has 3 rings (SSSR count). The van der Waals surface area contributed by atoms with E-state index in [2.05, 4.69) is 10.5 Å². The number of rotatable bonds is 12. The normalized spacial score (nSPS) is 11.5. The minimum absolute atomic E-state index is 0.306. The number of sulfonamides is 1. The van der Waals surface area contributed by atoms with Crippen molar-refractivity contribution >= 4 is 39.4 Å². The Morgan fingerprint density at radius 2 is 1.71 bits per heavy atom. The van der Waals surface area contributed by atoms with Crippen LogP contribution in [0.25, 0.3) is 0 Å². The Balaban J connectivity index is 1.64. The number of benzene rings is 3. The summed E-state index contributed by atoms with van der Waals surface area (Å²) in [5.74, 6) is 0.827. The average Bonchev–Trinajstić information content (AvgIpc) is 2.87. The molecule has 10 heteroatoms. The summed E-state index contributed by atoms with van der Waals surface area (Å²) in [4.78, 5) is 12.5. The van der Waals surface area contributed by atoms with Crippen LogP contribution in [0.4, 0.5) is 5.69 Å². The van der Waals surface area contributed by atoms with Gasteiger partial charge in [-0.15, -0.1) is 0 Å². The molecule has 0 bridgehead atoms. The molecule has 0 fully saturated rings. The number of halogens is 1. The van der Waals surface area contributed by atoms with E-state index in [0.717, 1.165) is 21.7 Å². The highest BCUT2D eigenvalue weighted by Gasteiger charge is 2.21. The van der Waals surface area contributed by atoms with Crippen LogP contribution in [-0.4, -0.2) is 39.9 Å². The molecule has 0 atom stereocenters. The summed E-state index contributed by atoms with van der Waals surface area (Å²) in [6.07, 6.45) is 2.51. The van der Waals surface area contributed by atoms with Gasteiger partial charge in [-0.05, 0) is 72.0 Å². The maximum atomic E-state index is 12.5. The Hall–Kier alpha value is -3.56. The van der Waals surface area contributed by atoms with Crippen molar-refractivity contribution in [2.45, 2.75) is 33.3 Å².